The lowest BCUT2D eigenvalue weighted by Crippen LogP contribution is -2.38. The Morgan fingerprint density at radius 1 is 0.559 bits per heavy atom. The van der Waals surface area contributed by atoms with Gasteiger partial charge in [-0.2, -0.15) is 0 Å². The van der Waals surface area contributed by atoms with E-state index in [9.17, 15) is 0 Å². The third-order valence-corrected chi connectivity index (χ3v) is 16.8. The van der Waals surface area contributed by atoms with Crippen LogP contribution in [0.5, 0.6) is 0 Å². The van der Waals surface area contributed by atoms with Gasteiger partial charge in [-0.05, 0) is 134 Å². The molecule has 8 aromatic carbocycles. The van der Waals surface area contributed by atoms with Crippen molar-refractivity contribution in [2.75, 3.05) is 5.32 Å². The van der Waals surface area contributed by atoms with Crippen molar-refractivity contribution in [2.24, 2.45) is 0 Å². The quantitative estimate of drug-likeness (QED) is 0.180. The number of hydrogen-bond donors (Lipinski definition) is 1. The smallest absolute Gasteiger partial charge is 0.198 e. The van der Waals surface area contributed by atoms with Crippen LogP contribution in [0.15, 0.2) is 142 Å². The number of fused-ring (bicyclic) bond motifs is 16. The molecule has 332 valence electrons. The summed E-state index contributed by atoms with van der Waals surface area (Å²) in [5, 5.41) is 11.3. The first-order chi connectivity index (χ1) is 32.6. The van der Waals surface area contributed by atoms with E-state index in [1.165, 1.54) is 88.5 Å². The van der Waals surface area contributed by atoms with E-state index in [0.717, 1.165) is 75.4 Å². The summed E-state index contributed by atoms with van der Waals surface area (Å²) in [4.78, 5) is 0. The molecule has 5 heteroatoms. The molecule has 0 bridgehead atoms. The number of anilines is 2. The molecule has 68 heavy (non-hydrogen) atoms. The first-order valence-electron chi connectivity index (χ1n) is 24.7. The van der Waals surface area contributed by atoms with Gasteiger partial charge in [0.2, 0.25) is 0 Å². The molecule has 14 rings (SSSR count). The van der Waals surface area contributed by atoms with Gasteiger partial charge < -0.3 is 18.7 Å². The Balaban J connectivity index is 1.18. The maximum absolute atomic E-state index is 6.71. The average Bonchev–Trinajstić information content (AvgIpc) is 4.03. The van der Waals surface area contributed by atoms with Crippen molar-refractivity contribution >= 4 is 95.3 Å². The van der Waals surface area contributed by atoms with E-state index in [0.29, 0.717) is 0 Å². The van der Waals surface area contributed by atoms with Crippen LogP contribution in [0.25, 0.3) is 93.6 Å². The number of furan rings is 2. The van der Waals surface area contributed by atoms with Crippen molar-refractivity contribution in [1.29, 1.82) is 0 Å². The van der Waals surface area contributed by atoms with Gasteiger partial charge in [0, 0.05) is 66.3 Å². The van der Waals surface area contributed by atoms with E-state index in [1.54, 1.807) is 0 Å². The van der Waals surface area contributed by atoms with Crippen LogP contribution in [-0.4, -0.2) is 11.8 Å². The predicted molar refractivity (Wildman–Crippen MR) is 288 cm³/mol. The molecule has 0 spiro atoms. The zero-order chi connectivity index (χ0) is 46.4. The molecular formula is C63H55BN2O2. The topological polar surface area (TPSA) is 43.2 Å². The van der Waals surface area contributed by atoms with Gasteiger partial charge in [0.05, 0.1) is 11.2 Å². The fraction of sp³-hybridized carbons (Fsp3) is 0.238. The Hall–Kier alpha value is -6.98. The zero-order valence-electron chi connectivity index (χ0n) is 40.6. The Kier molecular flexibility index (Phi) is 7.77. The van der Waals surface area contributed by atoms with Crippen LogP contribution >= 0.6 is 0 Å². The Morgan fingerprint density at radius 2 is 1.18 bits per heavy atom. The average molecular weight is 883 g/mol. The standard InChI is InChI=1S/C63H55BN2O2/c1-60(2,3)34-22-24-35(25-23-34)65-47-33-53-39(36-16-11-14-20-50(36)68-53)28-41(47)56-57-54(38-18-10-13-19-43(38)63(57,8)9)55-42-29-44-45(62(6,7)27-26-61(44,4)5)31-48(42)66-49-30-40-37-17-12-15-21-51(37)67-52(40)32-46(49)64-58(56)59(55)66/h10-25,28-33,64-65H,26-27H2,1-9H3. The molecule has 0 saturated carbocycles. The number of rotatable bonds is 3. The van der Waals surface area contributed by atoms with Crippen molar-refractivity contribution in [2.45, 2.75) is 96.8 Å². The van der Waals surface area contributed by atoms with Crippen molar-refractivity contribution in [1.82, 2.24) is 4.57 Å². The summed E-state index contributed by atoms with van der Waals surface area (Å²) < 4.78 is 16.1. The molecule has 1 N–H and O–H groups in total. The molecular weight excluding hydrogens is 828 g/mol. The van der Waals surface area contributed by atoms with Crippen molar-refractivity contribution in [3.05, 3.63) is 161 Å². The lowest BCUT2D eigenvalue weighted by Gasteiger charge is -2.42. The molecule has 0 amide bonds. The highest BCUT2D eigenvalue weighted by molar-refractivity contribution is 6.74. The van der Waals surface area contributed by atoms with Crippen molar-refractivity contribution < 1.29 is 8.83 Å². The molecule has 0 saturated heterocycles. The summed E-state index contributed by atoms with van der Waals surface area (Å²) in [6, 6.07) is 50.0. The molecule has 3 aliphatic rings. The number of aromatic nitrogens is 1. The highest BCUT2D eigenvalue weighted by atomic mass is 16.3. The lowest BCUT2D eigenvalue weighted by molar-refractivity contribution is 0.332. The minimum Gasteiger partial charge on any atom is -0.456 e. The maximum Gasteiger partial charge on any atom is 0.198 e. The summed E-state index contributed by atoms with van der Waals surface area (Å²) in [5.41, 5.74) is 24.2. The third-order valence-electron chi connectivity index (χ3n) is 16.8. The van der Waals surface area contributed by atoms with Gasteiger partial charge in [-0.3, -0.25) is 0 Å². The number of para-hydroxylation sites is 2. The molecule has 0 fully saturated rings. The van der Waals surface area contributed by atoms with E-state index < -0.39 is 0 Å². The molecule has 4 nitrogen and oxygen atoms in total. The third kappa shape index (κ3) is 5.33. The fourth-order valence-corrected chi connectivity index (χ4v) is 13.0. The summed E-state index contributed by atoms with van der Waals surface area (Å²) >= 11 is 0. The Morgan fingerprint density at radius 3 is 1.87 bits per heavy atom. The lowest BCUT2D eigenvalue weighted by atomic mass is 9.57. The van der Waals surface area contributed by atoms with Gasteiger partial charge in [0.25, 0.3) is 0 Å². The first-order valence-corrected chi connectivity index (χ1v) is 24.7. The van der Waals surface area contributed by atoms with Crippen LogP contribution in [0.2, 0.25) is 0 Å². The van der Waals surface area contributed by atoms with E-state index in [-0.39, 0.29) is 21.7 Å². The molecule has 4 heterocycles. The minimum atomic E-state index is -0.322. The van der Waals surface area contributed by atoms with E-state index in [4.69, 9.17) is 8.83 Å². The van der Waals surface area contributed by atoms with Gasteiger partial charge >= 0.3 is 0 Å². The molecule has 0 unspecified atom stereocenters. The highest BCUT2D eigenvalue weighted by Gasteiger charge is 2.45. The maximum atomic E-state index is 6.71. The number of hydrogen-bond acceptors (Lipinski definition) is 3. The summed E-state index contributed by atoms with van der Waals surface area (Å²) in [5.74, 6) is 0. The van der Waals surface area contributed by atoms with Crippen LogP contribution in [0, 0.1) is 0 Å². The Labute approximate surface area is 398 Å². The normalized spacial score (nSPS) is 16.4. The zero-order valence-corrected chi connectivity index (χ0v) is 40.6. The molecule has 0 radical (unpaired) electrons. The van der Waals surface area contributed by atoms with Crippen LogP contribution in [0.3, 0.4) is 0 Å². The molecule has 1 aliphatic heterocycles. The van der Waals surface area contributed by atoms with Crippen molar-refractivity contribution in [3.8, 4) is 27.9 Å². The second kappa shape index (κ2) is 13.2. The summed E-state index contributed by atoms with van der Waals surface area (Å²) in [6.07, 6.45) is 2.32. The van der Waals surface area contributed by atoms with Crippen LogP contribution in [0.1, 0.15) is 103 Å². The second-order valence-electron chi connectivity index (χ2n) is 23.2. The number of nitrogens with zero attached hydrogens (tertiary/aromatic N) is 1. The molecule has 2 aliphatic carbocycles. The molecule has 3 aromatic heterocycles. The summed E-state index contributed by atoms with van der Waals surface area (Å²) in [6.45, 7) is 21.6. The summed E-state index contributed by atoms with van der Waals surface area (Å²) in [7, 11) is 0.755. The monoisotopic (exact) mass is 882 g/mol. The van der Waals surface area contributed by atoms with Crippen LogP contribution in [0.4, 0.5) is 11.4 Å². The minimum absolute atomic E-state index is 0.0386. The predicted octanol–water partition coefficient (Wildman–Crippen LogP) is 15.6. The van der Waals surface area contributed by atoms with Crippen molar-refractivity contribution in [3.63, 3.8) is 0 Å². The second-order valence-corrected chi connectivity index (χ2v) is 23.2. The largest absolute Gasteiger partial charge is 0.456 e. The van der Waals surface area contributed by atoms with E-state index in [1.807, 2.05) is 0 Å². The van der Waals surface area contributed by atoms with E-state index in [2.05, 4.69) is 206 Å². The first kappa shape index (κ1) is 40.1. The van der Waals surface area contributed by atoms with Gasteiger partial charge in [-0.15, -0.1) is 0 Å². The SMILES string of the molecule is CC(C)(C)c1ccc(Nc2cc3oc4ccccc4c3cc2-c2c3c(c4c5cc6c(cc5n5c4c2Bc2cc4oc7ccccc7c4cc2-5)C(C)(C)CCC6(C)C)-c2ccccc2C3(C)C)cc1. The van der Waals surface area contributed by atoms with E-state index >= 15 is 0 Å². The Bertz CT molecular complexity index is 4030. The van der Waals surface area contributed by atoms with Gasteiger partial charge in [-0.25, -0.2) is 0 Å². The highest BCUT2D eigenvalue weighted by Crippen LogP contribution is 2.58. The number of benzene rings is 8. The van der Waals surface area contributed by atoms with Gasteiger partial charge in [0.15, 0.2) is 7.28 Å². The number of nitrogens with one attached hydrogen (secondary N) is 1. The van der Waals surface area contributed by atoms with Gasteiger partial charge in [-0.1, -0.05) is 141 Å². The van der Waals surface area contributed by atoms with Crippen LogP contribution in [-0.2, 0) is 21.7 Å². The van der Waals surface area contributed by atoms with Gasteiger partial charge in [0.1, 0.15) is 22.3 Å². The molecule has 0 atom stereocenters. The fourth-order valence-electron chi connectivity index (χ4n) is 13.0. The van der Waals surface area contributed by atoms with Crippen LogP contribution < -0.4 is 16.2 Å². The molecule has 11 aromatic rings.